The van der Waals surface area contributed by atoms with Crippen LogP contribution in [-0.2, 0) is 0 Å². The molecule has 1 saturated heterocycles. The Balaban J connectivity index is 1.28. The van der Waals surface area contributed by atoms with Gasteiger partial charge in [0.05, 0.1) is 18.3 Å². The molecule has 5 rings (SSSR count). The largest absolute Gasteiger partial charge is 0.391 e. The van der Waals surface area contributed by atoms with E-state index in [1.54, 1.807) is 23.5 Å². The van der Waals surface area contributed by atoms with Crippen LogP contribution in [0, 0.1) is 17.3 Å². The lowest BCUT2D eigenvalue weighted by Crippen LogP contribution is -2.36. The van der Waals surface area contributed by atoms with Crippen LogP contribution in [0.15, 0.2) is 41.9 Å². The fourth-order valence-electron chi connectivity index (χ4n) is 6.25. The van der Waals surface area contributed by atoms with Gasteiger partial charge in [-0.3, -0.25) is 9.88 Å². The van der Waals surface area contributed by atoms with Crippen LogP contribution in [0.5, 0.6) is 0 Å². The van der Waals surface area contributed by atoms with Gasteiger partial charge in [-0.1, -0.05) is 30.2 Å². The van der Waals surface area contributed by atoms with Crippen molar-refractivity contribution in [2.45, 2.75) is 65.0 Å². The van der Waals surface area contributed by atoms with Crippen LogP contribution in [-0.4, -0.2) is 55.7 Å². The lowest BCUT2D eigenvalue weighted by molar-refractivity contribution is 0.0298. The van der Waals surface area contributed by atoms with Gasteiger partial charge in [0.25, 0.3) is 0 Å². The maximum Gasteiger partial charge on any atom is 0.114 e. The van der Waals surface area contributed by atoms with Gasteiger partial charge in [-0.25, -0.2) is 4.68 Å². The molecule has 2 fully saturated rings. The molecule has 6 heteroatoms. The van der Waals surface area contributed by atoms with Gasteiger partial charge >= 0.3 is 0 Å². The van der Waals surface area contributed by atoms with Gasteiger partial charge < -0.3 is 5.11 Å². The monoisotopic (exact) mass is 421 g/mol. The van der Waals surface area contributed by atoms with Crippen molar-refractivity contribution < 1.29 is 5.11 Å². The van der Waals surface area contributed by atoms with Crippen molar-refractivity contribution in [2.75, 3.05) is 19.6 Å². The fraction of sp³-hybridized carbons (Fsp3) is 0.640. The summed E-state index contributed by atoms with van der Waals surface area (Å²) < 4.78 is 1.89. The number of aliphatic hydroxyl groups excluding tert-OH is 1. The highest BCUT2D eigenvalue weighted by molar-refractivity contribution is 5.55. The molecule has 2 aromatic rings. The maximum absolute atomic E-state index is 11.0. The molecule has 0 spiro atoms. The third-order valence-electron chi connectivity index (χ3n) is 8.06. The SMILES string of the molecule is CC1=C(CN2C[C@H]3C[C@@H](n4cc(-c5cccnc5)nn4)[C@H](O)C[C@H]3C2)C(C)(C)CCC1. The molecule has 0 unspecified atom stereocenters. The number of nitrogens with zero attached hydrogens (tertiary/aromatic N) is 5. The van der Waals surface area contributed by atoms with E-state index in [1.165, 1.54) is 19.3 Å². The Hall–Kier alpha value is -2.05. The second-order valence-electron chi connectivity index (χ2n) is 10.6. The minimum Gasteiger partial charge on any atom is -0.391 e. The smallest absolute Gasteiger partial charge is 0.114 e. The van der Waals surface area contributed by atoms with Crippen LogP contribution < -0.4 is 0 Å². The van der Waals surface area contributed by atoms with Crippen LogP contribution in [0.3, 0.4) is 0 Å². The quantitative estimate of drug-likeness (QED) is 0.753. The maximum atomic E-state index is 11.0. The van der Waals surface area contributed by atoms with Crippen molar-refractivity contribution in [1.82, 2.24) is 24.9 Å². The third kappa shape index (κ3) is 4.08. The number of fused-ring (bicyclic) bond motifs is 1. The Kier molecular flexibility index (Phi) is 5.47. The van der Waals surface area contributed by atoms with E-state index in [2.05, 4.69) is 41.0 Å². The van der Waals surface area contributed by atoms with E-state index < -0.39 is 0 Å². The zero-order chi connectivity index (χ0) is 21.6. The first-order valence-corrected chi connectivity index (χ1v) is 11.8. The second kappa shape index (κ2) is 8.14. The molecule has 1 N–H and O–H groups in total. The van der Waals surface area contributed by atoms with Crippen molar-refractivity contribution in [3.05, 3.63) is 41.9 Å². The Morgan fingerprint density at radius 1 is 1.19 bits per heavy atom. The van der Waals surface area contributed by atoms with E-state index in [-0.39, 0.29) is 12.1 Å². The first-order chi connectivity index (χ1) is 14.9. The molecule has 3 aliphatic rings. The summed E-state index contributed by atoms with van der Waals surface area (Å²) in [6.45, 7) is 10.5. The minimum atomic E-state index is -0.364. The van der Waals surface area contributed by atoms with Gasteiger partial charge in [0.1, 0.15) is 5.69 Å². The topological polar surface area (TPSA) is 67.1 Å². The van der Waals surface area contributed by atoms with E-state index in [9.17, 15) is 5.11 Å². The van der Waals surface area contributed by atoms with Crippen LogP contribution in [0.4, 0.5) is 0 Å². The molecule has 4 atom stereocenters. The lowest BCUT2D eigenvalue weighted by atomic mass is 9.72. The predicted molar refractivity (Wildman–Crippen MR) is 121 cm³/mol. The van der Waals surface area contributed by atoms with E-state index in [4.69, 9.17) is 0 Å². The standard InChI is InChI=1S/C25H35N5O/c1-17-6-4-8-25(2,3)21(17)15-29-13-19-10-23(24(31)11-20(19)14-29)30-16-22(27-28-30)18-7-5-9-26-12-18/h5,7,9,12,16,19-20,23-24,31H,4,6,8,10-11,13-15H2,1-3H3/t19-,20+,23-,24-/m1/s1. The molecule has 0 radical (unpaired) electrons. The fourth-order valence-corrected chi connectivity index (χ4v) is 6.25. The normalized spacial score (nSPS) is 31.1. The van der Waals surface area contributed by atoms with Crippen LogP contribution >= 0.6 is 0 Å². The van der Waals surface area contributed by atoms with Crippen molar-refractivity contribution >= 4 is 0 Å². The van der Waals surface area contributed by atoms with Crippen molar-refractivity contribution in [1.29, 1.82) is 0 Å². The van der Waals surface area contributed by atoms with E-state index in [0.717, 1.165) is 43.7 Å². The van der Waals surface area contributed by atoms with Gasteiger partial charge in [0.2, 0.25) is 0 Å². The molecule has 166 valence electrons. The Morgan fingerprint density at radius 2 is 2.00 bits per heavy atom. The van der Waals surface area contributed by atoms with Crippen LogP contribution in [0.1, 0.15) is 58.9 Å². The number of allylic oxidation sites excluding steroid dienone is 1. The molecule has 0 amide bonds. The van der Waals surface area contributed by atoms with Gasteiger partial charge in [0.15, 0.2) is 0 Å². The highest BCUT2D eigenvalue weighted by atomic mass is 16.3. The first-order valence-electron chi connectivity index (χ1n) is 11.8. The number of aromatic nitrogens is 4. The van der Waals surface area contributed by atoms with E-state index >= 15 is 0 Å². The predicted octanol–water partition coefficient (Wildman–Crippen LogP) is 4.11. The number of aliphatic hydroxyl groups is 1. The molecule has 2 aromatic heterocycles. The number of hydrogen-bond acceptors (Lipinski definition) is 5. The molecule has 1 aliphatic heterocycles. The molecule has 2 aliphatic carbocycles. The van der Waals surface area contributed by atoms with Crippen molar-refractivity contribution in [2.24, 2.45) is 17.3 Å². The second-order valence-corrected chi connectivity index (χ2v) is 10.6. The molecule has 6 nitrogen and oxygen atoms in total. The summed E-state index contributed by atoms with van der Waals surface area (Å²) in [5, 5.41) is 19.7. The van der Waals surface area contributed by atoms with Gasteiger partial charge in [-0.15, -0.1) is 5.10 Å². The summed E-state index contributed by atoms with van der Waals surface area (Å²) in [5.74, 6) is 1.20. The summed E-state index contributed by atoms with van der Waals surface area (Å²) in [5.41, 5.74) is 5.36. The van der Waals surface area contributed by atoms with Crippen molar-refractivity contribution in [3.63, 3.8) is 0 Å². The molecule has 0 bridgehead atoms. The molecule has 31 heavy (non-hydrogen) atoms. The van der Waals surface area contributed by atoms with E-state index in [0.29, 0.717) is 17.3 Å². The molecule has 1 saturated carbocycles. The zero-order valence-corrected chi connectivity index (χ0v) is 19.0. The van der Waals surface area contributed by atoms with Crippen molar-refractivity contribution in [3.8, 4) is 11.3 Å². The number of hydrogen-bond donors (Lipinski definition) is 1. The Bertz CT molecular complexity index is 950. The van der Waals surface area contributed by atoms with Gasteiger partial charge in [0, 0.05) is 37.6 Å². The van der Waals surface area contributed by atoms with Crippen LogP contribution in [0.2, 0.25) is 0 Å². The summed E-state index contributed by atoms with van der Waals surface area (Å²) in [6.07, 6.45) is 10.9. The average molecular weight is 422 g/mol. The lowest BCUT2D eigenvalue weighted by Gasteiger charge is -2.36. The van der Waals surface area contributed by atoms with E-state index in [1.807, 2.05) is 23.0 Å². The zero-order valence-electron chi connectivity index (χ0n) is 19.0. The summed E-state index contributed by atoms with van der Waals surface area (Å²) >= 11 is 0. The molecular formula is C25H35N5O. The third-order valence-corrected chi connectivity index (χ3v) is 8.06. The van der Waals surface area contributed by atoms with Crippen LogP contribution in [0.25, 0.3) is 11.3 Å². The van der Waals surface area contributed by atoms with Gasteiger partial charge in [-0.05, 0) is 68.4 Å². The van der Waals surface area contributed by atoms with Gasteiger partial charge in [-0.2, -0.15) is 0 Å². The molecule has 0 aromatic carbocycles. The summed E-state index contributed by atoms with van der Waals surface area (Å²) in [4.78, 5) is 6.83. The highest BCUT2D eigenvalue weighted by Crippen LogP contribution is 2.44. The first kappa shape index (κ1) is 20.8. The Morgan fingerprint density at radius 3 is 2.74 bits per heavy atom. The highest BCUT2D eigenvalue weighted by Gasteiger charge is 2.43. The minimum absolute atomic E-state index is 0.00574. The molecule has 3 heterocycles. The number of likely N-dealkylation sites (tertiary alicyclic amines) is 1. The Labute approximate surface area is 185 Å². The summed E-state index contributed by atoms with van der Waals surface area (Å²) in [7, 11) is 0. The summed E-state index contributed by atoms with van der Waals surface area (Å²) in [6, 6.07) is 3.91. The number of pyridine rings is 1. The molecular weight excluding hydrogens is 386 g/mol. The average Bonchev–Trinajstić information content (AvgIpc) is 3.37. The number of rotatable bonds is 4.